The summed E-state index contributed by atoms with van der Waals surface area (Å²) in [6.07, 6.45) is 2.20. The molecule has 8 heteroatoms. The number of hydrogen-bond donors (Lipinski definition) is 0. The molecule has 0 amide bonds. The molecule has 156 valence electrons. The van der Waals surface area contributed by atoms with Crippen LogP contribution in [-0.2, 0) is 19.6 Å². The summed E-state index contributed by atoms with van der Waals surface area (Å²) in [4.78, 5) is 32.7. The molecule has 1 aromatic carbocycles. The Morgan fingerprint density at radius 1 is 0.964 bits per heavy atom. The minimum Gasteiger partial charge on any atom is -0.493 e. The fourth-order valence-electron chi connectivity index (χ4n) is 3.37. The van der Waals surface area contributed by atoms with Crippen LogP contribution in [0.4, 0.5) is 4.79 Å². The minimum absolute atomic E-state index is 0.0549. The van der Waals surface area contributed by atoms with E-state index in [2.05, 4.69) is 35.6 Å². The Kier molecular flexibility index (Phi) is 7.51. The molecule has 0 aromatic heterocycles. The number of carbonyl (C=O) groups is 2. The van der Waals surface area contributed by atoms with Gasteiger partial charge in [-0.1, -0.05) is 26.8 Å². The number of methoxy groups -OCH3 is 2. The topological polar surface area (TPSA) is 89.5 Å². The van der Waals surface area contributed by atoms with Crippen LogP contribution in [0.5, 0.6) is 11.5 Å². The van der Waals surface area contributed by atoms with Crippen LogP contribution in [0.15, 0.2) is 18.2 Å². The molecule has 1 aliphatic carbocycles. The van der Waals surface area contributed by atoms with E-state index in [9.17, 15) is 9.59 Å². The summed E-state index contributed by atoms with van der Waals surface area (Å²) in [5, 5.41) is 4.28. The van der Waals surface area contributed by atoms with Crippen molar-refractivity contribution in [3.63, 3.8) is 0 Å². The Labute approximate surface area is 164 Å². The van der Waals surface area contributed by atoms with Crippen LogP contribution < -0.4 is 9.47 Å². The van der Waals surface area contributed by atoms with Crippen LogP contribution in [0.3, 0.4) is 0 Å². The van der Waals surface area contributed by atoms with Gasteiger partial charge in [-0.05, 0) is 49.1 Å². The van der Waals surface area contributed by atoms with Gasteiger partial charge in [0, 0.05) is 0 Å². The van der Waals surface area contributed by atoms with E-state index in [1.165, 1.54) is 20.3 Å². The SMILES string of the molecule is COc1cccc(C(=O)OOOC(=O)OC2CCC(C(C)(C)C)CC2)c1OC. The molecule has 1 aliphatic rings. The second-order valence-electron chi connectivity index (χ2n) is 7.77. The zero-order valence-corrected chi connectivity index (χ0v) is 17.0. The van der Waals surface area contributed by atoms with E-state index in [1.807, 2.05) is 0 Å². The van der Waals surface area contributed by atoms with Gasteiger partial charge >= 0.3 is 12.1 Å². The summed E-state index contributed by atoms with van der Waals surface area (Å²) in [5.41, 5.74) is 0.295. The first kappa shape index (κ1) is 21.8. The quantitative estimate of drug-likeness (QED) is 0.395. The van der Waals surface area contributed by atoms with Crippen LogP contribution >= 0.6 is 0 Å². The van der Waals surface area contributed by atoms with Gasteiger partial charge in [-0.3, -0.25) is 4.89 Å². The highest BCUT2D eigenvalue weighted by molar-refractivity contribution is 5.93. The molecule has 0 heterocycles. The number of carbonyl (C=O) groups excluding carboxylic acids is 2. The van der Waals surface area contributed by atoms with Crippen molar-refractivity contribution in [1.29, 1.82) is 0 Å². The Morgan fingerprint density at radius 2 is 1.64 bits per heavy atom. The van der Waals surface area contributed by atoms with Crippen molar-refractivity contribution in [2.45, 2.75) is 52.6 Å². The van der Waals surface area contributed by atoms with Gasteiger partial charge in [0.1, 0.15) is 11.7 Å². The Morgan fingerprint density at radius 3 is 2.21 bits per heavy atom. The maximum Gasteiger partial charge on any atom is 0.543 e. The summed E-state index contributed by atoms with van der Waals surface area (Å²) < 4.78 is 15.4. The van der Waals surface area contributed by atoms with E-state index in [1.54, 1.807) is 12.1 Å². The summed E-state index contributed by atoms with van der Waals surface area (Å²) in [6, 6.07) is 4.67. The van der Waals surface area contributed by atoms with Gasteiger partial charge in [0.25, 0.3) is 0 Å². The van der Waals surface area contributed by atoms with Gasteiger partial charge in [-0.15, -0.1) is 0 Å². The third kappa shape index (κ3) is 5.76. The van der Waals surface area contributed by atoms with Crippen molar-refractivity contribution >= 4 is 12.1 Å². The first-order valence-electron chi connectivity index (χ1n) is 9.23. The largest absolute Gasteiger partial charge is 0.543 e. The average Bonchev–Trinajstić information content (AvgIpc) is 2.66. The molecule has 1 fully saturated rings. The molecule has 0 radical (unpaired) electrons. The van der Waals surface area contributed by atoms with E-state index >= 15 is 0 Å². The van der Waals surface area contributed by atoms with E-state index in [0.29, 0.717) is 11.7 Å². The van der Waals surface area contributed by atoms with Gasteiger partial charge in [-0.25, -0.2) is 14.5 Å². The highest BCUT2D eigenvalue weighted by atomic mass is 17.5. The van der Waals surface area contributed by atoms with Crippen LogP contribution in [-0.4, -0.2) is 32.4 Å². The monoisotopic (exact) mass is 396 g/mol. The highest BCUT2D eigenvalue weighted by Crippen LogP contribution is 2.38. The molecule has 0 spiro atoms. The molecule has 8 nitrogen and oxygen atoms in total. The molecular weight excluding hydrogens is 368 g/mol. The normalized spacial score (nSPS) is 19.5. The zero-order valence-electron chi connectivity index (χ0n) is 17.0. The summed E-state index contributed by atoms with van der Waals surface area (Å²) in [5.74, 6) is 0.215. The lowest BCUT2D eigenvalue weighted by molar-refractivity contribution is -0.453. The second kappa shape index (κ2) is 9.64. The van der Waals surface area contributed by atoms with Crippen LogP contribution in [0.25, 0.3) is 0 Å². The lowest BCUT2D eigenvalue weighted by atomic mass is 9.72. The summed E-state index contributed by atoms with van der Waals surface area (Å²) in [7, 11) is 2.83. The van der Waals surface area contributed by atoms with E-state index in [-0.39, 0.29) is 22.8 Å². The molecule has 28 heavy (non-hydrogen) atoms. The van der Waals surface area contributed by atoms with Gasteiger partial charge < -0.3 is 14.2 Å². The van der Waals surface area contributed by atoms with Gasteiger partial charge in [0.15, 0.2) is 11.5 Å². The molecule has 0 N–H and O–H groups in total. The minimum atomic E-state index is -1.05. The molecule has 0 unspecified atom stereocenters. The van der Waals surface area contributed by atoms with Gasteiger partial charge in [0.05, 0.1) is 19.3 Å². The Balaban J connectivity index is 1.76. The Hall–Kier alpha value is -2.48. The molecule has 0 bridgehead atoms. The number of rotatable bonds is 6. The zero-order chi connectivity index (χ0) is 20.7. The van der Waals surface area contributed by atoms with Crippen LogP contribution in [0, 0.1) is 11.3 Å². The lowest BCUT2D eigenvalue weighted by Gasteiger charge is -2.36. The molecular formula is C20H28O8. The van der Waals surface area contributed by atoms with E-state index in [0.717, 1.165) is 25.7 Å². The van der Waals surface area contributed by atoms with Crippen molar-refractivity contribution in [2.75, 3.05) is 14.2 Å². The number of ether oxygens (including phenoxy) is 3. The standard InChI is InChI=1S/C20H28O8/c1-20(2,3)13-9-11-14(12-10-13)25-19(22)27-28-26-18(21)15-7-6-8-16(23-4)17(15)24-5/h6-8,13-14H,9-12H2,1-5H3. The molecule has 1 saturated carbocycles. The average molecular weight is 396 g/mol. The Bertz CT molecular complexity index is 671. The van der Waals surface area contributed by atoms with Crippen molar-refractivity contribution in [1.82, 2.24) is 0 Å². The lowest BCUT2D eigenvalue weighted by Crippen LogP contribution is -2.30. The maximum absolute atomic E-state index is 12.1. The van der Waals surface area contributed by atoms with E-state index in [4.69, 9.17) is 14.2 Å². The molecule has 0 atom stereocenters. The number of benzene rings is 1. The third-order valence-corrected chi connectivity index (χ3v) is 5.00. The highest BCUT2D eigenvalue weighted by Gasteiger charge is 2.31. The molecule has 2 rings (SSSR count). The second-order valence-corrected chi connectivity index (χ2v) is 7.77. The van der Waals surface area contributed by atoms with Crippen molar-refractivity contribution in [2.24, 2.45) is 11.3 Å². The first-order valence-corrected chi connectivity index (χ1v) is 9.23. The smallest absolute Gasteiger partial charge is 0.493 e. The van der Waals surface area contributed by atoms with Crippen molar-refractivity contribution in [3.8, 4) is 11.5 Å². The fraction of sp³-hybridized carbons (Fsp3) is 0.600. The third-order valence-electron chi connectivity index (χ3n) is 5.00. The van der Waals surface area contributed by atoms with Crippen LogP contribution in [0.2, 0.25) is 0 Å². The molecule has 1 aromatic rings. The predicted octanol–water partition coefficient (Wildman–Crippen LogP) is 4.47. The van der Waals surface area contributed by atoms with E-state index < -0.39 is 12.1 Å². The maximum atomic E-state index is 12.1. The first-order chi connectivity index (χ1) is 13.3. The summed E-state index contributed by atoms with van der Waals surface area (Å²) >= 11 is 0. The molecule has 0 saturated heterocycles. The van der Waals surface area contributed by atoms with Crippen LogP contribution in [0.1, 0.15) is 56.8 Å². The fourth-order valence-corrected chi connectivity index (χ4v) is 3.37. The van der Waals surface area contributed by atoms with Gasteiger partial charge in [0.2, 0.25) is 0 Å². The van der Waals surface area contributed by atoms with Crippen molar-refractivity contribution < 1.29 is 38.6 Å². The van der Waals surface area contributed by atoms with Crippen molar-refractivity contribution in [3.05, 3.63) is 23.8 Å². The predicted molar refractivity (Wildman–Crippen MR) is 98.8 cm³/mol. The molecule has 0 aliphatic heterocycles. The van der Waals surface area contributed by atoms with Gasteiger partial charge in [-0.2, -0.15) is 0 Å². The number of hydrogen-bond acceptors (Lipinski definition) is 8. The summed E-state index contributed by atoms with van der Waals surface area (Å²) in [6.45, 7) is 6.64. The number of para-hydroxylation sites is 1.